The van der Waals surface area contributed by atoms with E-state index in [0.717, 1.165) is 56.2 Å². The van der Waals surface area contributed by atoms with Gasteiger partial charge in [0.1, 0.15) is 0 Å². The van der Waals surface area contributed by atoms with Crippen LogP contribution in [0.5, 0.6) is 0 Å². The Bertz CT molecular complexity index is 556. The van der Waals surface area contributed by atoms with Gasteiger partial charge in [0.15, 0.2) is 0 Å². The Morgan fingerprint density at radius 2 is 2.09 bits per heavy atom. The van der Waals surface area contributed by atoms with Crippen molar-refractivity contribution in [1.82, 2.24) is 4.90 Å². The summed E-state index contributed by atoms with van der Waals surface area (Å²) in [4.78, 5) is 16.4. The van der Waals surface area contributed by atoms with Gasteiger partial charge in [0, 0.05) is 35.8 Å². The third-order valence-corrected chi connectivity index (χ3v) is 5.35. The number of nitrogens with zero attached hydrogens (tertiary/aromatic N) is 2. The third kappa shape index (κ3) is 3.82. The number of fused-ring (bicyclic) bond motifs is 1. The number of hydrogen-bond donors (Lipinski definition) is 0. The van der Waals surface area contributed by atoms with Crippen LogP contribution in [-0.2, 0) is 11.2 Å². The molecule has 0 aliphatic carbocycles. The van der Waals surface area contributed by atoms with E-state index in [4.69, 9.17) is 4.74 Å². The van der Waals surface area contributed by atoms with Gasteiger partial charge in [0.05, 0.1) is 6.61 Å². The molecule has 0 N–H and O–H groups in total. The van der Waals surface area contributed by atoms with Crippen molar-refractivity contribution in [3.8, 4) is 0 Å². The van der Waals surface area contributed by atoms with Gasteiger partial charge in [0.2, 0.25) is 0 Å². The number of amides is 1. The summed E-state index contributed by atoms with van der Waals surface area (Å²) < 4.78 is 6.48. The normalized spacial score (nSPS) is 18.2. The first-order valence-electron chi connectivity index (χ1n) is 8.66. The Hall–Kier alpha value is -1.23. The van der Waals surface area contributed by atoms with Crippen molar-refractivity contribution in [3.05, 3.63) is 28.2 Å². The van der Waals surface area contributed by atoms with E-state index in [1.807, 2.05) is 4.90 Å². The Labute approximate surface area is 146 Å². The number of likely N-dealkylation sites (tertiary alicyclic amines) is 1. The largest absolute Gasteiger partial charge is 0.449 e. The lowest BCUT2D eigenvalue weighted by atomic mass is 10.0. The van der Waals surface area contributed by atoms with Crippen molar-refractivity contribution in [2.75, 3.05) is 31.1 Å². The molecule has 1 aromatic rings. The Balaban J connectivity index is 1.53. The smallest absolute Gasteiger partial charge is 0.409 e. The van der Waals surface area contributed by atoms with Gasteiger partial charge in [-0.25, -0.2) is 4.79 Å². The number of rotatable bonds is 4. The molecule has 0 saturated carbocycles. The van der Waals surface area contributed by atoms with E-state index in [0.29, 0.717) is 12.6 Å². The van der Waals surface area contributed by atoms with Gasteiger partial charge in [-0.2, -0.15) is 0 Å². The minimum Gasteiger partial charge on any atom is -0.449 e. The Morgan fingerprint density at radius 1 is 1.30 bits per heavy atom. The van der Waals surface area contributed by atoms with Crippen molar-refractivity contribution in [1.29, 1.82) is 0 Å². The summed E-state index contributed by atoms with van der Waals surface area (Å²) in [5, 5.41) is 0. The molecule has 0 radical (unpaired) electrons. The van der Waals surface area contributed by atoms with Crippen LogP contribution in [0.4, 0.5) is 10.5 Å². The molecule has 1 amide bonds. The summed E-state index contributed by atoms with van der Waals surface area (Å²) in [5.74, 6) is 0. The molecule has 0 bridgehead atoms. The highest BCUT2D eigenvalue weighted by Crippen LogP contribution is 2.34. The molecule has 1 saturated heterocycles. The third-order valence-electron chi connectivity index (χ3n) is 4.86. The monoisotopic (exact) mass is 380 g/mol. The lowest BCUT2D eigenvalue weighted by Gasteiger charge is -2.37. The molecule has 5 heteroatoms. The van der Waals surface area contributed by atoms with Gasteiger partial charge in [-0.1, -0.05) is 29.3 Å². The lowest BCUT2D eigenvalue weighted by Crippen LogP contribution is -2.46. The maximum Gasteiger partial charge on any atom is 0.409 e. The summed E-state index contributed by atoms with van der Waals surface area (Å²) in [5.41, 5.74) is 2.80. The van der Waals surface area contributed by atoms with E-state index in [1.165, 1.54) is 11.3 Å². The molecule has 2 heterocycles. The number of anilines is 1. The van der Waals surface area contributed by atoms with E-state index in [9.17, 15) is 4.79 Å². The van der Waals surface area contributed by atoms with Crippen LogP contribution in [0.1, 0.15) is 38.2 Å². The number of carbonyl (C=O) groups excluding carboxylic acids is 1. The lowest BCUT2D eigenvalue weighted by molar-refractivity contribution is 0.0915. The molecule has 1 fully saturated rings. The summed E-state index contributed by atoms with van der Waals surface area (Å²) in [7, 11) is 0. The molecule has 0 unspecified atom stereocenters. The first-order chi connectivity index (χ1) is 11.2. The second kappa shape index (κ2) is 7.56. The van der Waals surface area contributed by atoms with Crippen LogP contribution in [0.3, 0.4) is 0 Å². The number of hydrogen-bond acceptors (Lipinski definition) is 3. The summed E-state index contributed by atoms with van der Waals surface area (Å²) in [6.07, 6.45) is 5.04. The summed E-state index contributed by atoms with van der Waals surface area (Å²) in [6, 6.07) is 7.11. The zero-order valence-electron chi connectivity index (χ0n) is 13.8. The second-order valence-corrected chi connectivity index (χ2v) is 7.32. The number of ether oxygens (including phenoxy) is 1. The average Bonchev–Trinajstić information content (AvgIpc) is 2.98. The van der Waals surface area contributed by atoms with Gasteiger partial charge in [0.25, 0.3) is 0 Å². The van der Waals surface area contributed by atoms with Gasteiger partial charge in [-0.3, -0.25) is 0 Å². The summed E-state index contributed by atoms with van der Waals surface area (Å²) in [6.45, 7) is 5.35. The molecule has 126 valence electrons. The molecule has 1 aromatic carbocycles. The minimum absolute atomic E-state index is 0.136. The predicted octanol–water partition coefficient (Wildman–Crippen LogP) is 4.21. The van der Waals surface area contributed by atoms with Crippen molar-refractivity contribution < 1.29 is 9.53 Å². The van der Waals surface area contributed by atoms with Gasteiger partial charge >= 0.3 is 6.09 Å². The number of benzene rings is 1. The van der Waals surface area contributed by atoms with Gasteiger partial charge in [-0.15, -0.1) is 0 Å². The molecule has 2 aliphatic rings. The van der Waals surface area contributed by atoms with E-state index >= 15 is 0 Å². The zero-order valence-corrected chi connectivity index (χ0v) is 15.3. The first-order valence-corrected chi connectivity index (χ1v) is 9.45. The first kappa shape index (κ1) is 16.6. The van der Waals surface area contributed by atoms with Gasteiger partial charge in [-0.05, 0) is 49.4 Å². The topological polar surface area (TPSA) is 32.8 Å². The molecule has 0 spiro atoms. The zero-order chi connectivity index (χ0) is 16.2. The average molecular weight is 381 g/mol. The SMILES string of the molecule is CCCCOC(=O)N1CCC(N2CCc3cc(Br)ccc32)CC1. The van der Waals surface area contributed by atoms with Crippen LogP contribution in [0.15, 0.2) is 22.7 Å². The van der Waals surface area contributed by atoms with Crippen LogP contribution in [0, 0.1) is 0 Å². The number of unbranched alkanes of at least 4 members (excludes halogenated alkanes) is 1. The second-order valence-electron chi connectivity index (χ2n) is 6.40. The van der Waals surface area contributed by atoms with Crippen LogP contribution in [0.2, 0.25) is 0 Å². The highest BCUT2D eigenvalue weighted by molar-refractivity contribution is 9.10. The fourth-order valence-corrected chi connectivity index (χ4v) is 3.94. The Morgan fingerprint density at radius 3 is 2.83 bits per heavy atom. The van der Waals surface area contributed by atoms with Crippen LogP contribution in [0.25, 0.3) is 0 Å². The molecular formula is C18H25BrN2O2. The fourth-order valence-electron chi connectivity index (χ4n) is 3.53. The fraction of sp³-hybridized carbons (Fsp3) is 0.611. The van der Waals surface area contributed by atoms with Crippen LogP contribution in [-0.4, -0.2) is 43.3 Å². The van der Waals surface area contributed by atoms with Crippen LogP contribution < -0.4 is 4.90 Å². The van der Waals surface area contributed by atoms with E-state index in [1.54, 1.807) is 0 Å². The highest BCUT2D eigenvalue weighted by Gasteiger charge is 2.31. The summed E-state index contributed by atoms with van der Waals surface area (Å²) >= 11 is 3.55. The van der Waals surface area contributed by atoms with Crippen molar-refractivity contribution >= 4 is 27.7 Å². The Kier molecular flexibility index (Phi) is 5.46. The van der Waals surface area contributed by atoms with E-state index in [2.05, 4.69) is 46.0 Å². The standard InChI is InChI=1S/C18H25BrN2O2/c1-2-3-12-23-18(22)20-9-7-16(8-10-20)21-11-6-14-13-15(19)4-5-17(14)21/h4-5,13,16H,2-3,6-12H2,1H3. The van der Waals surface area contributed by atoms with Gasteiger partial charge < -0.3 is 14.5 Å². The van der Waals surface area contributed by atoms with Crippen molar-refractivity contribution in [2.45, 2.75) is 45.1 Å². The quantitative estimate of drug-likeness (QED) is 0.733. The van der Waals surface area contributed by atoms with Crippen LogP contribution >= 0.6 is 15.9 Å². The number of carbonyl (C=O) groups is 1. The molecule has 0 aromatic heterocycles. The molecule has 2 aliphatic heterocycles. The number of halogens is 1. The maximum atomic E-state index is 12.0. The highest BCUT2D eigenvalue weighted by atomic mass is 79.9. The molecule has 23 heavy (non-hydrogen) atoms. The van der Waals surface area contributed by atoms with Crippen molar-refractivity contribution in [2.24, 2.45) is 0 Å². The van der Waals surface area contributed by atoms with E-state index in [-0.39, 0.29) is 6.09 Å². The maximum absolute atomic E-state index is 12.0. The molecule has 0 atom stereocenters. The molecule has 4 nitrogen and oxygen atoms in total. The predicted molar refractivity (Wildman–Crippen MR) is 96.0 cm³/mol. The van der Waals surface area contributed by atoms with E-state index < -0.39 is 0 Å². The number of piperidine rings is 1. The van der Waals surface area contributed by atoms with Crippen molar-refractivity contribution in [3.63, 3.8) is 0 Å². The molecule has 3 rings (SSSR count). The molecular weight excluding hydrogens is 356 g/mol. The minimum atomic E-state index is -0.136.